The Balaban J connectivity index is 1.52. The molecule has 0 atom stereocenters. The Bertz CT molecular complexity index is 1410. The zero-order valence-electron chi connectivity index (χ0n) is 20.9. The van der Waals surface area contributed by atoms with E-state index < -0.39 is 0 Å². The van der Waals surface area contributed by atoms with Gasteiger partial charge in [-0.25, -0.2) is 0 Å². The van der Waals surface area contributed by atoms with Gasteiger partial charge < -0.3 is 14.2 Å². The molecule has 0 saturated carbocycles. The Kier molecular flexibility index (Phi) is 8.85. The minimum absolute atomic E-state index is 0.152. The molecule has 2 amide bonds. The van der Waals surface area contributed by atoms with E-state index in [1.807, 2.05) is 48.5 Å². The molecular formula is C30H26N2O5S. The van der Waals surface area contributed by atoms with Crippen LogP contribution in [-0.4, -0.2) is 36.3 Å². The number of thioether (sulfide) groups is 1. The summed E-state index contributed by atoms with van der Waals surface area (Å²) in [5.41, 5.74) is 2.79. The van der Waals surface area contributed by atoms with Crippen LogP contribution >= 0.6 is 11.8 Å². The first-order chi connectivity index (χ1) is 18.5. The highest BCUT2D eigenvalue weighted by Crippen LogP contribution is 2.37. The second kappa shape index (κ2) is 12.7. The van der Waals surface area contributed by atoms with Crippen molar-refractivity contribution in [2.24, 2.45) is 0 Å². The van der Waals surface area contributed by atoms with Crippen LogP contribution in [0.2, 0.25) is 0 Å². The van der Waals surface area contributed by atoms with Gasteiger partial charge in [-0.05, 0) is 60.2 Å². The second-order valence-electron chi connectivity index (χ2n) is 8.26. The number of hydrogen-bond acceptors (Lipinski definition) is 7. The van der Waals surface area contributed by atoms with Crippen molar-refractivity contribution in [1.82, 2.24) is 4.90 Å². The number of hydrogen-bond donors (Lipinski definition) is 0. The average molecular weight is 527 g/mol. The normalized spacial score (nSPS) is 13.9. The van der Waals surface area contributed by atoms with Gasteiger partial charge in [0.25, 0.3) is 11.1 Å². The Morgan fingerprint density at radius 1 is 1.03 bits per heavy atom. The molecule has 0 bridgehead atoms. The van der Waals surface area contributed by atoms with E-state index >= 15 is 0 Å². The lowest BCUT2D eigenvalue weighted by molar-refractivity contribution is -0.123. The number of methoxy groups -OCH3 is 1. The topological polar surface area (TPSA) is 88.9 Å². The van der Waals surface area contributed by atoms with E-state index in [0.717, 1.165) is 22.9 Å². The first kappa shape index (κ1) is 26.6. The van der Waals surface area contributed by atoms with Crippen LogP contribution in [0.5, 0.6) is 17.2 Å². The maximum atomic E-state index is 13.0. The molecular weight excluding hydrogens is 500 g/mol. The summed E-state index contributed by atoms with van der Waals surface area (Å²) in [6.07, 6.45) is 3.91. The van der Waals surface area contributed by atoms with E-state index in [1.54, 1.807) is 30.4 Å². The fraction of sp³-hybridized carbons (Fsp3) is 0.167. The number of rotatable bonds is 11. The minimum atomic E-state index is -0.366. The van der Waals surface area contributed by atoms with Crippen LogP contribution in [0.15, 0.2) is 84.3 Å². The van der Waals surface area contributed by atoms with E-state index in [2.05, 4.69) is 12.6 Å². The van der Waals surface area contributed by atoms with Gasteiger partial charge in [0.05, 0.1) is 30.2 Å². The Hall–Kier alpha value is -4.48. The van der Waals surface area contributed by atoms with Gasteiger partial charge >= 0.3 is 0 Å². The highest BCUT2D eigenvalue weighted by molar-refractivity contribution is 8.18. The highest BCUT2D eigenvalue weighted by Gasteiger charge is 2.35. The van der Waals surface area contributed by atoms with Gasteiger partial charge in [-0.15, -0.1) is 6.58 Å². The fourth-order valence-corrected chi connectivity index (χ4v) is 4.78. The molecule has 0 aromatic heterocycles. The minimum Gasteiger partial charge on any atom is -0.493 e. The summed E-state index contributed by atoms with van der Waals surface area (Å²) in [5.74, 6) is 1.31. The lowest BCUT2D eigenvalue weighted by atomic mass is 10.0. The number of nitriles is 1. The van der Waals surface area contributed by atoms with Crippen molar-refractivity contribution in [2.45, 2.75) is 13.0 Å². The molecule has 1 fully saturated rings. The van der Waals surface area contributed by atoms with Gasteiger partial charge in [-0.1, -0.05) is 42.5 Å². The fourth-order valence-electron chi connectivity index (χ4n) is 3.91. The van der Waals surface area contributed by atoms with Gasteiger partial charge in [0, 0.05) is 11.1 Å². The highest BCUT2D eigenvalue weighted by atomic mass is 32.2. The zero-order valence-corrected chi connectivity index (χ0v) is 21.7. The summed E-state index contributed by atoms with van der Waals surface area (Å²) in [4.78, 5) is 27.0. The first-order valence-corrected chi connectivity index (χ1v) is 12.7. The number of imide groups is 1. The van der Waals surface area contributed by atoms with Crippen LogP contribution < -0.4 is 14.2 Å². The molecule has 8 heteroatoms. The third-order valence-electron chi connectivity index (χ3n) is 5.75. The first-order valence-electron chi connectivity index (χ1n) is 11.9. The summed E-state index contributed by atoms with van der Waals surface area (Å²) >= 11 is 0.892. The van der Waals surface area contributed by atoms with E-state index in [4.69, 9.17) is 14.2 Å². The third kappa shape index (κ3) is 6.25. The predicted octanol–water partition coefficient (Wildman–Crippen LogP) is 5.99. The molecule has 1 aliphatic rings. The molecule has 3 aromatic carbocycles. The van der Waals surface area contributed by atoms with Crippen molar-refractivity contribution in [3.05, 3.63) is 107 Å². The van der Waals surface area contributed by atoms with Crippen molar-refractivity contribution in [1.29, 1.82) is 5.26 Å². The number of nitrogens with zero attached hydrogens (tertiary/aromatic N) is 2. The molecule has 0 unspecified atom stereocenters. The number of ether oxygens (including phenoxy) is 3. The Morgan fingerprint density at radius 3 is 2.53 bits per heavy atom. The average Bonchev–Trinajstić information content (AvgIpc) is 3.20. The van der Waals surface area contributed by atoms with Crippen molar-refractivity contribution in [3.8, 4) is 23.3 Å². The number of carbonyl (C=O) groups excluding carboxylic acids is 2. The van der Waals surface area contributed by atoms with Gasteiger partial charge in [0.1, 0.15) is 19.0 Å². The van der Waals surface area contributed by atoms with Gasteiger partial charge in [0.15, 0.2) is 11.5 Å². The van der Waals surface area contributed by atoms with Crippen molar-refractivity contribution >= 4 is 29.0 Å². The van der Waals surface area contributed by atoms with E-state index in [-0.39, 0.29) is 30.9 Å². The van der Waals surface area contributed by atoms with Crippen LogP contribution in [0.25, 0.3) is 6.08 Å². The summed E-state index contributed by atoms with van der Waals surface area (Å²) in [6, 6.07) is 22.3. The monoisotopic (exact) mass is 526 g/mol. The quantitative estimate of drug-likeness (QED) is 0.224. The summed E-state index contributed by atoms with van der Waals surface area (Å²) in [6.45, 7) is 4.38. The number of allylic oxidation sites excluding steroid dienone is 1. The summed E-state index contributed by atoms with van der Waals surface area (Å²) < 4.78 is 17.4. The van der Waals surface area contributed by atoms with Gasteiger partial charge in [-0.3, -0.25) is 14.5 Å². The van der Waals surface area contributed by atoms with E-state index in [1.165, 1.54) is 12.0 Å². The van der Waals surface area contributed by atoms with Crippen LogP contribution in [0, 0.1) is 11.3 Å². The standard InChI is InChI=1S/C30H26N2O5S/c1-3-9-22-16-21(17-26(35-2)28(22)37-20-24-11-8-7-10-23(24)19-31)18-27-29(33)32(30(34)38-27)14-15-36-25-12-5-4-6-13-25/h3-8,10-13,16-18H,1,9,14-15,20H2,2H3/b27-18-. The molecule has 0 radical (unpaired) electrons. The molecule has 3 aromatic rings. The van der Waals surface area contributed by atoms with E-state index in [9.17, 15) is 14.9 Å². The number of para-hydroxylation sites is 1. The molecule has 1 aliphatic heterocycles. The van der Waals surface area contributed by atoms with Crippen LogP contribution in [0.4, 0.5) is 4.79 Å². The van der Waals surface area contributed by atoms with Crippen molar-refractivity contribution < 1.29 is 23.8 Å². The maximum absolute atomic E-state index is 13.0. The third-order valence-corrected chi connectivity index (χ3v) is 6.65. The zero-order chi connectivity index (χ0) is 26.9. The number of carbonyl (C=O) groups is 2. The summed E-state index contributed by atoms with van der Waals surface area (Å²) in [7, 11) is 1.54. The molecule has 38 heavy (non-hydrogen) atoms. The molecule has 0 N–H and O–H groups in total. The number of benzene rings is 3. The molecule has 192 valence electrons. The summed E-state index contributed by atoms with van der Waals surface area (Å²) in [5, 5.41) is 9.03. The smallest absolute Gasteiger partial charge is 0.293 e. The second-order valence-corrected chi connectivity index (χ2v) is 9.25. The van der Waals surface area contributed by atoms with Crippen molar-refractivity contribution in [3.63, 3.8) is 0 Å². The van der Waals surface area contributed by atoms with Gasteiger partial charge in [-0.2, -0.15) is 5.26 Å². The van der Waals surface area contributed by atoms with E-state index in [0.29, 0.717) is 39.7 Å². The molecule has 0 aliphatic carbocycles. The lowest BCUT2D eigenvalue weighted by Gasteiger charge is -2.16. The lowest BCUT2D eigenvalue weighted by Crippen LogP contribution is -2.32. The van der Waals surface area contributed by atoms with Gasteiger partial charge in [0.2, 0.25) is 0 Å². The van der Waals surface area contributed by atoms with Crippen molar-refractivity contribution in [2.75, 3.05) is 20.3 Å². The van der Waals surface area contributed by atoms with Crippen LogP contribution in [0.3, 0.4) is 0 Å². The molecule has 1 heterocycles. The predicted molar refractivity (Wildman–Crippen MR) is 147 cm³/mol. The largest absolute Gasteiger partial charge is 0.493 e. The maximum Gasteiger partial charge on any atom is 0.293 e. The molecule has 7 nitrogen and oxygen atoms in total. The van der Waals surface area contributed by atoms with Crippen LogP contribution in [0.1, 0.15) is 22.3 Å². The molecule has 1 saturated heterocycles. The Labute approximate surface area is 225 Å². The number of amides is 2. The molecule has 0 spiro atoms. The molecule has 4 rings (SSSR count). The Morgan fingerprint density at radius 2 is 1.79 bits per heavy atom. The van der Waals surface area contributed by atoms with Crippen LogP contribution in [-0.2, 0) is 17.8 Å². The SMILES string of the molecule is C=CCc1cc(/C=C2\SC(=O)N(CCOc3ccccc3)C2=O)cc(OC)c1OCc1ccccc1C#N.